The molecule has 36 heavy (non-hydrogen) atoms. The largest absolute Gasteiger partial charge is 0.497 e. The minimum absolute atomic E-state index is 0.0505. The van der Waals surface area contributed by atoms with Crippen LogP contribution in [0, 0.1) is 0 Å². The van der Waals surface area contributed by atoms with Crippen LogP contribution in [0.3, 0.4) is 0 Å². The van der Waals surface area contributed by atoms with Crippen LogP contribution in [0.25, 0.3) is 6.08 Å². The number of amidine groups is 1. The Balaban J connectivity index is 1.42. The first kappa shape index (κ1) is 25.0. The Kier molecular flexibility index (Phi) is 7.41. The Hall–Kier alpha value is -4.09. The second-order valence-corrected chi connectivity index (χ2v) is 10.1. The molecule has 1 saturated heterocycles. The molecule has 1 fully saturated rings. The van der Waals surface area contributed by atoms with Crippen molar-refractivity contribution >= 4 is 56.3 Å². The number of carbonyl (C=O) groups excluding carboxylic acids is 2. The monoisotopic (exact) mass is 523 g/mol. The first-order valence-electron chi connectivity index (χ1n) is 10.6. The second-order valence-electron chi connectivity index (χ2n) is 7.49. The normalized spacial score (nSPS) is 15.6. The van der Waals surface area contributed by atoms with Gasteiger partial charge in [0.2, 0.25) is 5.91 Å². The van der Waals surface area contributed by atoms with Gasteiger partial charge in [0.1, 0.15) is 16.4 Å². The van der Waals surface area contributed by atoms with Gasteiger partial charge in [0, 0.05) is 12.6 Å². The molecule has 2 amide bonds. The smallest absolute Gasteiger partial charge is 0.339 e. The van der Waals surface area contributed by atoms with E-state index in [4.69, 9.17) is 8.92 Å². The van der Waals surface area contributed by atoms with Gasteiger partial charge in [-0.15, -0.1) is 0 Å². The molecule has 0 atom stereocenters. The topological polar surface area (TPSA) is 123 Å². The molecular weight excluding hydrogens is 502 g/mol. The summed E-state index contributed by atoms with van der Waals surface area (Å²) in [6.45, 7) is 1.36. The van der Waals surface area contributed by atoms with Gasteiger partial charge < -0.3 is 19.6 Å². The van der Waals surface area contributed by atoms with Crippen LogP contribution in [0.4, 0.5) is 11.4 Å². The van der Waals surface area contributed by atoms with Crippen LogP contribution in [0.15, 0.2) is 87.6 Å². The number of benzene rings is 3. The van der Waals surface area contributed by atoms with Gasteiger partial charge >= 0.3 is 10.1 Å². The molecule has 0 spiro atoms. The quantitative estimate of drug-likeness (QED) is 0.349. The minimum Gasteiger partial charge on any atom is -0.497 e. The number of methoxy groups -OCH3 is 1. The van der Waals surface area contributed by atoms with Crippen molar-refractivity contribution in [3.8, 4) is 11.5 Å². The van der Waals surface area contributed by atoms with E-state index in [2.05, 4.69) is 15.6 Å². The number of carbonyl (C=O) groups is 2. The first-order valence-corrected chi connectivity index (χ1v) is 12.8. The summed E-state index contributed by atoms with van der Waals surface area (Å²) in [5, 5.41) is 5.74. The number of hydrogen-bond acceptors (Lipinski definition) is 8. The zero-order chi connectivity index (χ0) is 25.7. The number of nitrogens with one attached hydrogen (secondary N) is 2. The predicted molar refractivity (Wildman–Crippen MR) is 139 cm³/mol. The van der Waals surface area contributed by atoms with Crippen molar-refractivity contribution in [3.05, 3.63) is 83.3 Å². The molecule has 0 aliphatic carbocycles. The third-order valence-corrected chi connectivity index (χ3v) is 6.97. The highest BCUT2D eigenvalue weighted by atomic mass is 32.2. The van der Waals surface area contributed by atoms with Crippen molar-refractivity contribution in [1.29, 1.82) is 0 Å². The number of hydrogen-bond donors (Lipinski definition) is 2. The van der Waals surface area contributed by atoms with Crippen LogP contribution >= 0.6 is 11.8 Å². The zero-order valence-electron chi connectivity index (χ0n) is 19.2. The highest BCUT2D eigenvalue weighted by Gasteiger charge is 2.24. The number of ether oxygens (including phenoxy) is 1. The third kappa shape index (κ3) is 6.32. The summed E-state index contributed by atoms with van der Waals surface area (Å²) in [7, 11) is -2.48. The molecule has 3 aromatic carbocycles. The number of nitrogens with zero attached hydrogens (tertiary/aromatic N) is 1. The lowest BCUT2D eigenvalue weighted by molar-refractivity contribution is -0.115. The Bertz CT molecular complexity index is 1450. The summed E-state index contributed by atoms with van der Waals surface area (Å²) >= 11 is 1.20. The van der Waals surface area contributed by atoms with Gasteiger partial charge in [-0.1, -0.05) is 12.1 Å². The minimum atomic E-state index is -4.06. The number of rotatable bonds is 7. The fraction of sp³-hybridized carbons (Fsp3) is 0.0800. The molecule has 0 unspecified atom stereocenters. The number of amides is 2. The lowest BCUT2D eigenvalue weighted by Crippen LogP contribution is -2.19. The van der Waals surface area contributed by atoms with E-state index in [1.807, 2.05) is 0 Å². The Morgan fingerprint density at radius 3 is 2.22 bits per heavy atom. The van der Waals surface area contributed by atoms with Crippen LogP contribution in [-0.2, 0) is 19.7 Å². The van der Waals surface area contributed by atoms with E-state index in [1.165, 1.54) is 55.1 Å². The summed E-state index contributed by atoms with van der Waals surface area (Å²) in [5.74, 6) is 0.292. The summed E-state index contributed by atoms with van der Waals surface area (Å²) in [4.78, 5) is 28.3. The summed E-state index contributed by atoms with van der Waals surface area (Å²) in [6.07, 6.45) is 1.68. The van der Waals surface area contributed by atoms with Crippen LogP contribution in [0.1, 0.15) is 12.5 Å². The standard InChI is InChI=1S/C25H21N3O6S2/c1-16(29)26-18-7-13-22(14-8-18)36(31,32)34-21-9-3-17(4-10-21)15-23-24(30)28-25(35-23)27-19-5-11-20(33-2)12-6-19/h3-15H,1-2H3,(H,26,29)(H,27,28,30)/b23-15-. The molecule has 4 rings (SSSR count). The van der Waals surface area contributed by atoms with Crippen molar-refractivity contribution < 1.29 is 26.9 Å². The molecule has 0 saturated carbocycles. The third-order valence-electron chi connectivity index (χ3n) is 4.80. The highest BCUT2D eigenvalue weighted by Crippen LogP contribution is 2.29. The average Bonchev–Trinajstić information content (AvgIpc) is 3.19. The van der Waals surface area contributed by atoms with E-state index in [0.29, 0.717) is 32.8 Å². The Morgan fingerprint density at radius 2 is 1.61 bits per heavy atom. The lowest BCUT2D eigenvalue weighted by Gasteiger charge is -2.08. The van der Waals surface area contributed by atoms with Gasteiger partial charge in [-0.3, -0.25) is 9.59 Å². The molecule has 1 aliphatic rings. The maximum atomic E-state index is 12.6. The van der Waals surface area contributed by atoms with Crippen LogP contribution in [0.5, 0.6) is 11.5 Å². The molecule has 11 heteroatoms. The molecule has 0 radical (unpaired) electrons. The van der Waals surface area contributed by atoms with E-state index in [0.717, 1.165) is 0 Å². The van der Waals surface area contributed by atoms with Gasteiger partial charge in [-0.25, -0.2) is 4.99 Å². The van der Waals surface area contributed by atoms with Gasteiger partial charge in [0.05, 0.1) is 17.7 Å². The fourth-order valence-corrected chi connectivity index (χ4v) is 4.88. The zero-order valence-corrected chi connectivity index (χ0v) is 20.9. The van der Waals surface area contributed by atoms with Crippen LogP contribution in [0.2, 0.25) is 0 Å². The maximum absolute atomic E-state index is 12.6. The summed E-state index contributed by atoms with van der Waals surface area (Å²) in [5.41, 5.74) is 1.83. The van der Waals surface area contributed by atoms with Crippen molar-refractivity contribution in [2.45, 2.75) is 11.8 Å². The Labute approximate surface area is 212 Å². The van der Waals surface area contributed by atoms with Gasteiger partial charge in [0.15, 0.2) is 5.17 Å². The van der Waals surface area contributed by atoms with E-state index < -0.39 is 10.1 Å². The number of aliphatic imine (C=N–C) groups is 1. The van der Waals surface area contributed by atoms with Gasteiger partial charge in [0.25, 0.3) is 5.91 Å². The average molecular weight is 524 g/mol. The van der Waals surface area contributed by atoms with Crippen LogP contribution in [-0.4, -0.2) is 32.5 Å². The number of thioether (sulfide) groups is 1. The Morgan fingerprint density at radius 1 is 0.972 bits per heavy atom. The predicted octanol–water partition coefficient (Wildman–Crippen LogP) is 4.31. The van der Waals surface area contributed by atoms with E-state index in [1.54, 1.807) is 49.6 Å². The molecule has 1 aliphatic heterocycles. The highest BCUT2D eigenvalue weighted by molar-refractivity contribution is 8.18. The SMILES string of the molecule is COc1ccc(N=C2NC(=O)/C(=C/c3ccc(OS(=O)(=O)c4ccc(NC(C)=O)cc4)cc3)S2)cc1. The second kappa shape index (κ2) is 10.7. The molecule has 184 valence electrons. The lowest BCUT2D eigenvalue weighted by atomic mass is 10.2. The molecule has 0 aromatic heterocycles. The van der Waals surface area contributed by atoms with E-state index in [-0.39, 0.29) is 22.5 Å². The maximum Gasteiger partial charge on any atom is 0.339 e. The molecule has 3 aromatic rings. The van der Waals surface area contributed by atoms with Gasteiger partial charge in [-0.05, 0) is 84.1 Å². The first-order chi connectivity index (χ1) is 17.2. The fourth-order valence-electron chi connectivity index (χ4n) is 3.11. The van der Waals surface area contributed by atoms with Crippen molar-refractivity contribution in [1.82, 2.24) is 5.32 Å². The molecule has 1 heterocycles. The van der Waals surface area contributed by atoms with Crippen molar-refractivity contribution in [3.63, 3.8) is 0 Å². The molecular formula is C25H21N3O6S2. The molecule has 0 bridgehead atoms. The summed E-state index contributed by atoms with van der Waals surface area (Å²) in [6, 6.07) is 19.1. The molecule has 9 nitrogen and oxygen atoms in total. The summed E-state index contributed by atoms with van der Waals surface area (Å²) < 4.78 is 35.5. The van der Waals surface area contributed by atoms with Crippen molar-refractivity contribution in [2.75, 3.05) is 12.4 Å². The van der Waals surface area contributed by atoms with E-state index in [9.17, 15) is 18.0 Å². The number of anilines is 1. The molecule has 2 N–H and O–H groups in total. The van der Waals surface area contributed by atoms with Gasteiger partial charge in [-0.2, -0.15) is 8.42 Å². The van der Waals surface area contributed by atoms with E-state index >= 15 is 0 Å². The van der Waals surface area contributed by atoms with Crippen LogP contribution < -0.4 is 19.6 Å². The van der Waals surface area contributed by atoms with Crippen molar-refractivity contribution in [2.24, 2.45) is 4.99 Å².